The molecule has 3 nitrogen and oxygen atoms in total. The van der Waals surface area contributed by atoms with Crippen molar-refractivity contribution in [1.29, 1.82) is 0 Å². The molecule has 3 rings (SSSR count). The summed E-state index contributed by atoms with van der Waals surface area (Å²) in [5.74, 6) is 0.260. The molecule has 2 aromatic rings. The van der Waals surface area contributed by atoms with Crippen molar-refractivity contribution in [3.05, 3.63) is 47.8 Å². The second kappa shape index (κ2) is 5.13. The van der Waals surface area contributed by atoms with Crippen LogP contribution in [0.3, 0.4) is 0 Å². The number of hydrogen-bond donors (Lipinski definition) is 1. The van der Waals surface area contributed by atoms with Crippen LogP contribution in [-0.4, -0.2) is 22.6 Å². The average molecular weight is 259 g/mol. The van der Waals surface area contributed by atoms with Crippen molar-refractivity contribution in [3.63, 3.8) is 0 Å². The number of halogens is 1. The third kappa shape index (κ3) is 2.54. The van der Waals surface area contributed by atoms with Gasteiger partial charge in [0.25, 0.3) is 0 Å². The lowest BCUT2D eigenvalue weighted by Crippen LogP contribution is -2.29. The van der Waals surface area contributed by atoms with Crippen LogP contribution in [0.2, 0.25) is 0 Å². The summed E-state index contributed by atoms with van der Waals surface area (Å²) in [6.45, 7) is 3.97. The van der Waals surface area contributed by atoms with Crippen LogP contribution in [0.1, 0.15) is 30.0 Å². The van der Waals surface area contributed by atoms with E-state index in [1.165, 1.54) is 6.42 Å². The fraction of sp³-hybridized carbons (Fsp3) is 0.400. The second-order valence-electron chi connectivity index (χ2n) is 5.22. The van der Waals surface area contributed by atoms with E-state index in [0.717, 1.165) is 36.5 Å². The molecule has 0 saturated carbocycles. The Labute approximate surface area is 112 Å². The summed E-state index contributed by atoms with van der Waals surface area (Å²) >= 11 is 0. The molecule has 1 N–H and O–H groups in total. The quantitative estimate of drug-likeness (QED) is 0.898. The molecular weight excluding hydrogens is 241 g/mol. The zero-order chi connectivity index (χ0) is 13.2. The topological polar surface area (TPSA) is 29.9 Å². The van der Waals surface area contributed by atoms with Crippen molar-refractivity contribution in [2.45, 2.75) is 25.7 Å². The van der Waals surface area contributed by atoms with Crippen LogP contribution in [0, 0.1) is 12.7 Å². The third-order valence-corrected chi connectivity index (χ3v) is 3.69. The van der Waals surface area contributed by atoms with Gasteiger partial charge < -0.3 is 9.88 Å². The molecule has 1 aromatic heterocycles. The van der Waals surface area contributed by atoms with E-state index in [1.54, 1.807) is 18.5 Å². The van der Waals surface area contributed by atoms with Gasteiger partial charge in [0, 0.05) is 30.0 Å². The number of aromatic nitrogens is 2. The van der Waals surface area contributed by atoms with Crippen LogP contribution < -0.4 is 5.32 Å². The lowest BCUT2D eigenvalue weighted by atomic mass is 9.96. The van der Waals surface area contributed by atoms with Crippen molar-refractivity contribution in [1.82, 2.24) is 14.9 Å². The number of rotatable bonds is 2. The number of benzene rings is 1. The smallest absolute Gasteiger partial charge is 0.125 e. The first-order chi connectivity index (χ1) is 9.24. The Balaban J connectivity index is 1.98. The highest BCUT2D eigenvalue weighted by Crippen LogP contribution is 2.25. The lowest BCUT2D eigenvalue weighted by Gasteiger charge is -2.23. The van der Waals surface area contributed by atoms with E-state index < -0.39 is 0 Å². The predicted octanol–water partition coefficient (Wildman–Crippen LogP) is 2.79. The SMILES string of the molecule is Cc1cc(F)cc(-n2cncc2C2CCCNC2)c1. The molecule has 100 valence electrons. The molecule has 1 aliphatic heterocycles. The molecule has 0 aliphatic carbocycles. The molecule has 1 unspecified atom stereocenters. The molecule has 1 aliphatic rings. The Kier molecular flexibility index (Phi) is 3.34. The summed E-state index contributed by atoms with van der Waals surface area (Å²) in [4.78, 5) is 4.25. The van der Waals surface area contributed by atoms with E-state index in [2.05, 4.69) is 10.3 Å². The number of piperidine rings is 1. The Morgan fingerprint density at radius 3 is 3.00 bits per heavy atom. The molecule has 0 amide bonds. The minimum Gasteiger partial charge on any atom is -0.316 e. The Morgan fingerprint density at radius 1 is 1.37 bits per heavy atom. The van der Waals surface area contributed by atoms with Gasteiger partial charge in [-0.2, -0.15) is 0 Å². The van der Waals surface area contributed by atoms with Crippen molar-refractivity contribution < 1.29 is 4.39 Å². The monoisotopic (exact) mass is 259 g/mol. The highest BCUT2D eigenvalue weighted by molar-refractivity contribution is 5.38. The van der Waals surface area contributed by atoms with E-state index in [4.69, 9.17) is 0 Å². The standard InChI is InChI=1S/C15H18FN3/c1-11-5-13(16)7-14(6-11)19-10-18-9-15(19)12-3-2-4-17-8-12/h5-7,9-10,12,17H,2-4,8H2,1H3. The first-order valence-corrected chi connectivity index (χ1v) is 6.74. The third-order valence-electron chi connectivity index (χ3n) is 3.69. The Bertz CT molecular complexity index is 550. The Morgan fingerprint density at radius 2 is 2.26 bits per heavy atom. The molecular formula is C15H18FN3. The number of nitrogens with zero attached hydrogens (tertiary/aromatic N) is 2. The van der Waals surface area contributed by atoms with Gasteiger partial charge in [-0.3, -0.25) is 0 Å². The van der Waals surface area contributed by atoms with Crippen molar-refractivity contribution in [2.24, 2.45) is 0 Å². The maximum Gasteiger partial charge on any atom is 0.125 e. The fourth-order valence-electron chi connectivity index (χ4n) is 2.78. The maximum absolute atomic E-state index is 13.5. The molecule has 0 bridgehead atoms. The van der Waals surface area contributed by atoms with Crippen LogP contribution in [0.15, 0.2) is 30.7 Å². The van der Waals surface area contributed by atoms with Crippen LogP contribution in [0.25, 0.3) is 5.69 Å². The fourth-order valence-corrected chi connectivity index (χ4v) is 2.78. The molecule has 1 fully saturated rings. The summed E-state index contributed by atoms with van der Waals surface area (Å²) in [6, 6.07) is 5.10. The van der Waals surface area contributed by atoms with Gasteiger partial charge in [-0.15, -0.1) is 0 Å². The van der Waals surface area contributed by atoms with E-state index in [-0.39, 0.29) is 5.82 Å². The van der Waals surface area contributed by atoms with Gasteiger partial charge in [0.1, 0.15) is 5.82 Å². The summed E-state index contributed by atoms with van der Waals surface area (Å²) in [5, 5.41) is 3.41. The summed E-state index contributed by atoms with van der Waals surface area (Å²) in [5.41, 5.74) is 2.95. The van der Waals surface area contributed by atoms with E-state index >= 15 is 0 Å². The van der Waals surface area contributed by atoms with Gasteiger partial charge >= 0.3 is 0 Å². The molecule has 4 heteroatoms. The normalized spacial score (nSPS) is 19.6. The van der Waals surface area contributed by atoms with Gasteiger partial charge in [-0.25, -0.2) is 9.37 Å². The number of nitrogens with one attached hydrogen (secondary N) is 1. The van der Waals surface area contributed by atoms with E-state index in [9.17, 15) is 4.39 Å². The lowest BCUT2D eigenvalue weighted by molar-refractivity contribution is 0.451. The van der Waals surface area contributed by atoms with Gasteiger partial charge in [0.05, 0.1) is 6.33 Å². The van der Waals surface area contributed by atoms with E-state index in [1.807, 2.05) is 23.8 Å². The van der Waals surface area contributed by atoms with Crippen LogP contribution in [0.5, 0.6) is 0 Å². The maximum atomic E-state index is 13.5. The van der Waals surface area contributed by atoms with Crippen molar-refractivity contribution in [3.8, 4) is 5.69 Å². The van der Waals surface area contributed by atoms with E-state index in [0.29, 0.717) is 5.92 Å². The van der Waals surface area contributed by atoms with Crippen LogP contribution in [-0.2, 0) is 0 Å². The molecule has 19 heavy (non-hydrogen) atoms. The zero-order valence-electron chi connectivity index (χ0n) is 11.1. The van der Waals surface area contributed by atoms with Gasteiger partial charge in [0.15, 0.2) is 0 Å². The summed E-state index contributed by atoms with van der Waals surface area (Å²) in [7, 11) is 0. The number of hydrogen-bond acceptors (Lipinski definition) is 2. The average Bonchev–Trinajstić information content (AvgIpc) is 2.88. The molecule has 2 heterocycles. The predicted molar refractivity (Wildman–Crippen MR) is 73.1 cm³/mol. The van der Waals surface area contributed by atoms with Crippen LogP contribution in [0.4, 0.5) is 4.39 Å². The Hall–Kier alpha value is -1.68. The highest BCUT2D eigenvalue weighted by atomic mass is 19.1. The molecule has 1 aromatic carbocycles. The van der Waals surface area contributed by atoms with Gasteiger partial charge in [-0.1, -0.05) is 0 Å². The molecule has 1 saturated heterocycles. The highest BCUT2D eigenvalue weighted by Gasteiger charge is 2.19. The molecule has 0 radical (unpaired) electrons. The van der Waals surface area contributed by atoms with Gasteiger partial charge in [-0.05, 0) is 50.1 Å². The minimum atomic E-state index is -0.198. The number of imidazole rings is 1. The zero-order valence-corrected chi connectivity index (χ0v) is 11.1. The summed E-state index contributed by atoms with van der Waals surface area (Å²) in [6.07, 6.45) is 6.01. The first-order valence-electron chi connectivity index (χ1n) is 6.74. The minimum absolute atomic E-state index is 0.198. The largest absolute Gasteiger partial charge is 0.316 e. The number of aryl methyl sites for hydroxylation is 1. The molecule has 1 atom stereocenters. The van der Waals surface area contributed by atoms with Crippen LogP contribution >= 0.6 is 0 Å². The second-order valence-corrected chi connectivity index (χ2v) is 5.22. The van der Waals surface area contributed by atoms with Crippen molar-refractivity contribution >= 4 is 0 Å². The first kappa shape index (κ1) is 12.4. The summed E-state index contributed by atoms with van der Waals surface area (Å²) < 4.78 is 15.6. The molecule has 0 spiro atoms. The van der Waals surface area contributed by atoms with Gasteiger partial charge in [0.2, 0.25) is 0 Å². The van der Waals surface area contributed by atoms with Crippen molar-refractivity contribution in [2.75, 3.05) is 13.1 Å².